The Morgan fingerprint density at radius 3 is 2.20 bits per heavy atom. The molecule has 2 atom stereocenters. The quantitative estimate of drug-likeness (QED) is 0.397. The normalized spacial score (nSPS) is 20.5. The third-order valence-electron chi connectivity index (χ3n) is 7.38. The van der Waals surface area contributed by atoms with Gasteiger partial charge in [-0.3, -0.25) is 15.0 Å². The lowest BCUT2D eigenvalue weighted by atomic mass is 9.66. The summed E-state index contributed by atoms with van der Waals surface area (Å²) in [5, 5.41) is 9.25. The Morgan fingerprint density at radius 1 is 1.05 bits per heavy atom. The largest absolute Gasteiger partial charge is 0.493 e. The van der Waals surface area contributed by atoms with Gasteiger partial charge in [0.25, 0.3) is 0 Å². The van der Waals surface area contributed by atoms with Gasteiger partial charge in [-0.15, -0.1) is 0 Å². The van der Waals surface area contributed by atoms with Gasteiger partial charge >= 0.3 is 12.1 Å². The molecule has 2 unspecified atom stereocenters. The molecular formula is C30H33F3N2O6. The first-order valence-electron chi connectivity index (χ1n) is 13.1. The summed E-state index contributed by atoms with van der Waals surface area (Å²) in [5.41, 5.74) is -1.14. The number of hydrogen-bond donors (Lipinski definition) is 1. The van der Waals surface area contributed by atoms with E-state index in [0.29, 0.717) is 5.56 Å². The number of amidine groups is 1. The maximum Gasteiger partial charge on any atom is 0.418 e. The van der Waals surface area contributed by atoms with Gasteiger partial charge in [0.05, 0.1) is 39.2 Å². The number of halogens is 3. The zero-order chi connectivity index (χ0) is 30.3. The van der Waals surface area contributed by atoms with E-state index in [1.165, 1.54) is 39.5 Å². The van der Waals surface area contributed by atoms with Gasteiger partial charge < -0.3 is 23.8 Å². The number of Topliss-reactive ketones (excluding diaryl/α,β-unsaturated/α-hetero) is 1. The van der Waals surface area contributed by atoms with Crippen molar-refractivity contribution in [3.05, 3.63) is 58.8 Å². The highest BCUT2D eigenvalue weighted by atomic mass is 19.4. The van der Waals surface area contributed by atoms with Crippen LogP contribution in [0.1, 0.15) is 50.7 Å². The number of methoxy groups -OCH3 is 3. The summed E-state index contributed by atoms with van der Waals surface area (Å²) in [6, 6.07) is 8.02. The predicted molar refractivity (Wildman–Crippen MR) is 146 cm³/mol. The molecule has 0 bridgehead atoms. The minimum atomic E-state index is -4.75. The first-order valence-corrected chi connectivity index (χ1v) is 13.1. The van der Waals surface area contributed by atoms with E-state index < -0.39 is 40.8 Å². The van der Waals surface area contributed by atoms with Gasteiger partial charge in [-0.1, -0.05) is 26.0 Å². The van der Waals surface area contributed by atoms with Crippen LogP contribution in [0.2, 0.25) is 0 Å². The van der Waals surface area contributed by atoms with Crippen molar-refractivity contribution < 1.29 is 41.7 Å². The van der Waals surface area contributed by atoms with Gasteiger partial charge in [0.2, 0.25) is 5.75 Å². The van der Waals surface area contributed by atoms with E-state index >= 15 is 0 Å². The molecule has 0 radical (unpaired) electrons. The number of carbonyl (C=O) groups is 2. The summed E-state index contributed by atoms with van der Waals surface area (Å²) < 4.78 is 64.5. The van der Waals surface area contributed by atoms with Crippen molar-refractivity contribution >= 4 is 23.3 Å². The molecule has 0 saturated carbocycles. The fraction of sp³-hybridized carbons (Fsp3) is 0.433. The van der Waals surface area contributed by atoms with E-state index in [-0.39, 0.29) is 59.4 Å². The van der Waals surface area contributed by atoms with Crippen LogP contribution in [0.25, 0.3) is 0 Å². The van der Waals surface area contributed by atoms with Crippen molar-refractivity contribution in [1.82, 2.24) is 0 Å². The van der Waals surface area contributed by atoms with Gasteiger partial charge in [-0.2, -0.15) is 13.2 Å². The van der Waals surface area contributed by atoms with E-state index in [2.05, 4.69) is 0 Å². The molecule has 1 aliphatic heterocycles. The van der Waals surface area contributed by atoms with E-state index in [1.807, 2.05) is 13.8 Å². The molecule has 220 valence electrons. The van der Waals surface area contributed by atoms with Gasteiger partial charge in [0.15, 0.2) is 17.3 Å². The maximum absolute atomic E-state index is 14.2. The number of nitrogens with one attached hydrogen (secondary N) is 1. The van der Waals surface area contributed by atoms with Crippen LogP contribution < -0.4 is 19.1 Å². The van der Waals surface area contributed by atoms with Crippen molar-refractivity contribution in [3.8, 4) is 17.2 Å². The van der Waals surface area contributed by atoms with E-state index in [4.69, 9.17) is 18.9 Å². The molecule has 11 heteroatoms. The second-order valence-electron chi connectivity index (χ2n) is 10.7. The summed E-state index contributed by atoms with van der Waals surface area (Å²) >= 11 is 0. The molecule has 8 nitrogen and oxygen atoms in total. The second-order valence-corrected chi connectivity index (χ2v) is 10.7. The van der Waals surface area contributed by atoms with Crippen LogP contribution in [0.5, 0.6) is 17.2 Å². The molecule has 1 N–H and O–H groups in total. The number of ketones is 1. The Bertz CT molecular complexity index is 1390. The Hall–Kier alpha value is -4.02. The number of allylic oxidation sites excluding steroid dienone is 2. The minimum Gasteiger partial charge on any atom is -0.493 e. The zero-order valence-corrected chi connectivity index (χ0v) is 23.8. The number of benzene rings is 2. The SMILES string of the molecule is CCOC(=O)C1C(=N)N(c2ccccc2C(F)(F)F)C2=C(C(=O)CC(C)(C)C2)C1c1cc(OC)c(OC)c(OC)c1. The summed E-state index contributed by atoms with van der Waals surface area (Å²) in [6.45, 7) is 5.25. The number of para-hydroxylation sites is 1. The molecule has 4 rings (SSSR count). The summed E-state index contributed by atoms with van der Waals surface area (Å²) in [7, 11) is 4.27. The van der Waals surface area contributed by atoms with Crippen molar-refractivity contribution in [2.45, 2.75) is 45.7 Å². The first kappa shape index (κ1) is 30.0. The topological polar surface area (TPSA) is 98.2 Å². The molecular weight excluding hydrogens is 541 g/mol. The monoisotopic (exact) mass is 574 g/mol. The number of ether oxygens (including phenoxy) is 4. The van der Waals surface area contributed by atoms with Crippen LogP contribution in [-0.2, 0) is 20.5 Å². The Balaban J connectivity index is 2.10. The fourth-order valence-corrected chi connectivity index (χ4v) is 5.77. The number of hydrogen-bond acceptors (Lipinski definition) is 7. The fourth-order valence-electron chi connectivity index (χ4n) is 5.77. The molecule has 2 aromatic rings. The third kappa shape index (κ3) is 5.37. The molecule has 0 saturated heterocycles. The second kappa shape index (κ2) is 11.1. The average Bonchev–Trinajstić information content (AvgIpc) is 2.90. The lowest BCUT2D eigenvalue weighted by Crippen LogP contribution is -2.51. The van der Waals surface area contributed by atoms with Crippen molar-refractivity contribution in [2.75, 3.05) is 32.8 Å². The Labute approximate surface area is 236 Å². The van der Waals surface area contributed by atoms with E-state index in [0.717, 1.165) is 11.0 Å². The summed E-state index contributed by atoms with van der Waals surface area (Å²) in [4.78, 5) is 28.6. The maximum atomic E-state index is 14.2. The molecule has 2 aliphatic rings. The standard InChI is InChI=1S/C30H33F3N2O6/c1-7-41-28(37)25-23(16-12-21(38-4)26(40-6)22(13-16)39-5)24-19(14-29(2,3)15-20(24)36)35(27(25)34)18-11-9-8-10-17(18)30(31,32)33/h8-13,23,25,34H,7,14-15H2,1-6H3. The number of anilines is 1. The lowest BCUT2D eigenvalue weighted by Gasteiger charge is -2.47. The number of carbonyl (C=O) groups excluding carboxylic acids is 2. The van der Waals surface area contributed by atoms with Crippen LogP contribution in [0.15, 0.2) is 47.7 Å². The van der Waals surface area contributed by atoms with E-state index in [9.17, 15) is 28.2 Å². The van der Waals surface area contributed by atoms with Crippen LogP contribution in [-0.4, -0.2) is 45.5 Å². The number of nitrogens with zero attached hydrogens (tertiary/aromatic N) is 1. The lowest BCUT2D eigenvalue weighted by molar-refractivity contribution is -0.146. The number of alkyl halides is 3. The Kier molecular flexibility index (Phi) is 8.11. The molecule has 1 aliphatic carbocycles. The van der Waals surface area contributed by atoms with Gasteiger partial charge in [0.1, 0.15) is 11.8 Å². The molecule has 0 amide bonds. The average molecular weight is 575 g/mol. The molecule has 1 heterocycles. The van der Waals surface area contributed by atoms with Crippen LogP contribution >= 0.6 is 0 Å². The molecule has 2 aromatic carbocycles. The predicted octanol–water partition coefficient (Wildman–Crippen LogP) is 6.13. The highest BCUT2D eigenvalue weighted by molar-refractivity contribution is 6.16. The van der Waals surface area contributed by atoms with Crippen molar-refractivity contribution in [3.63, 3.8) is 0 Å². The van der Waals surface area contributed by atoms with Gasteiger partial charge in [-0.05, 0) is 48.6 Å². The smallest absolute Gasteiger partial charge is 0.418 e. The van der Waals surface area contributed by atoms with Crippen LogP contribution in [0.3, 0.4) is 0 Å². The summed E-state index contributed by atoms with van der Waals surface area (Å²) in [6.07, 6.45) is -4.46. The van der Waals surface area contributed by atoms with Crippen molar-refractivity contribution in [2.24, 2.45) is 11.3 Å². The number of rotatable bonds is 7. The first-order chi connectivity index (χ1) is 19.3. The number of esters is 1. The van der Waals surface area contributed by atoms with Gasteiger partial charge in [-0.25, -0.2) is 0 Å². The minimum absolute atomic E-state index is 0.0311. The molecule has 0 spiro atoms. The van der Waals surface area contributed by atoms with Crippen molar-refractivity contribution in [1.29, 1.82) is 5.41 Å². The highest BCUT2D eigenvalue weighted by Gasteiger charge is 2.52. The van der Waals surface area contributed by atoms with Crippen LogP contribution in [0.4, 0.5) is 18.9 Å². The highest BCUT2D eigenvalue weighted by Crippen LogP contribution is 2.53. The summed E-state index contributed by atoms with van der Waals surface area (Å²) in [5.74, 6) is -3.29. The Morgan fingerprint density at radius 2 is 1.66 bits per heavy atom. The molecule has 0 fully saturated rings. The van der Waals surface area contributed by atoms with Gasteiger partial charge in [0, 0.05) is 23.6 Å². The molecule has 41 heavy (non-hydrogen) atoms. The van der Waals surface area contributed by atoms with Crippen LogP contribution in [0, 0.1) is 16.7 Å². The molecule has 0 aromatic heterocycles. The zero-order valence-electron chi connectivity index (χ0n) is 23.8. The van der Waals surface area contributed by atoms with E-state index in [1.54, 1.807) is 19.1 Å². The third-order valence-corrected chi connectivity index (χ3v) is 7.38.